The summed E-state index contributed by atoms with van der Waals surface area (Å²) in [6.07, 6.45) is -7.22. The Morgan fingerprint density at radius 3 is 2.11 bits per heavy atom. The van der Waals surface area contributed by atoms with Crippen molar-refractivity contribution in [1.29, 1.82) is 0 Å². The largest absolute Gasteiger partial charge is 0.481 e. The summed E-state index contributed by atoms with van der Waals surface area (Å²) < 4.78 is 44.7. The number of aliphatic carboxylic acids is 1. The molecule has 1 saturated heterocycles. The highest BCUT2D eigenvalue weighted by atomic mass is 19.4. The molecule has 0 spiro atoms. The average molecular weight is 490 g/mol. The first-order valence-corrected chi connectivity index (χ1v) is 11.2. The van der Waals surface area contributed by atoms with Crippen molar-refractivity contribution in [3.63, 3.8) is 0 Å². The molecule has 2 aromatic carbocycles. The van der Waals surface area contributed by atoms with Crippen LogP contribution in [0.25, 0.3) is 11.1 Å². The number of nitrogens with zero attached hydrogens (tertiary/aromatic N) is 1. The van der Waals surface area contributed by atoms with Crippen LogP contribution in [0.1, 0.15) is 36.8 Å². The highest BCUT2D eigenvalue weighted by Crippen LogP contribution is 2.44. The summed E-state index contributed by atoms with van der Waals surface area (Å²) in [5.41, 5.74) is 2.70. The Labute approximate surface area is 199 Å². The SMILES string of the molecule is CCC1(C(=O)O)CN(C(=O)C(CC(F)(F)F)NC(=O)OCC2c3ccccc3-c3ccccc32)C1. The van der Waals surface area contributed by atoms with Crippen LogP contribution in [-0.2, 0) is 14.3 Å². The number of nitrogens with one attached hydrogen (secondary N) is 1. The number of ether oxygens (including phenoxy) is 1. The highest BCUT2D eigenvalue weighted by molar-refractivity contribution is 5.89. The fraction of sp³-hybridized carbons (Fsp3) is 0.400. The van der Waals surface area contributed by atoms with Gasteiger partial charge in [0.2, 0.25) is 5.91 Å². The van der Waals surface area contributed by atoms with E-state index in [4.69, 9.17) is 4.74 Å². The number of carboxylic acids is 1. The van der Waals surface area contributed by atoms with Crippen molar-refractivity contribution in [2.45, 2.75) is 37.9 Å². The number of likely N-dealkylation sites (tertiary alicyclic amines) is 1. The molecular formula is C25H25F3N2O5. The van der Waals surface area contributed by atoms with Crippen molar-refractivity contribution in [2.75, 3.05) is 19.7 Å². The smallest absolute Gasteiger partial charge is 0.407 e. The first-order valence-electron chi connectivity index (χ1n) is 11.2. The molecule has 1 unspecified atom stereocenters. The lowest BCUT2D eigenvalue weighted by Crippen LogP contribution is -2.65. The summed E-state index contributed by atoms with van der Waals surface area (Å²) in [7, 11) is 0. The van der Waals surface area contributed by atoms with E-state index < -0.39 is 42.0 Å². The average Bonchev–Trinajstić information content (AvgIpc) is 3.09. The van der Waals surface area contributed by atoms with Gasteiger partial charge in [-0.05, 0) is 28.7 Å². The van der Waals surface area contributed by atoms with Gasteiger partial charge in [-0.3, -0.25) is 9.59 Å². The number of fused-ring (bicyclic) bond motifs is 3. The van der Waals surface area contributed by atoms with Crippen LogP contribution < -0.4 is 5.32 Å². The van der Waals surface area contributed by atoms with Gasteiger partial charge in [-0.2, -0.15) is 13.2 Å². The molecule has 186 valence electrons. The third-order valence-corrected chi connectivity index (χ3v) is 6.80. The zero-order valence-electron chi connectivity index (χ0n) is 19.0. The standard InChI is InChI=1S/C25H25F3N2O5/c1-2-24(22(32)33)13-30(14-24)21(31)20(11-25(26,27)28)29-23(34)35-12-19-17-9-5-3-7-15(17)16-8-4-6-10-18(16)19/h3-10,19-20H,2,11-14H2,1H3,(H,29,34)(H,32,33). The molecule has 35 heavy (non-hydrogen) atoms. The van der Waals surface area contributed by atoms with Gasteiger partial charge in [0.1, 0.15) is 18.1 Å². The second kappa shape index (κ2) is 9.24. The number of amides is 2. The summed E-state index contributed by atoms with van der Waals surface area (Å²) in [6.45, 7) is 1.10. The van der Waals surface area contributed by atoms with Gasteiger partial charge in [-0.25, -0.2) is 4.79 Å². The van der Waals surface area contributed by atoms with Gasteiger partial charge in [0.25, 0.3) is 0 Å². The van der Waals surface area contributed by atoms with E-state index >= 15 is 0 Å². The van der Waals surface area contributed by atoms with Gasteiger partial charge in [-0.15, -0.1) is 0 Å². The first kappa shape index (κ1) is 24.6. The van der Waals surface area contributed by atoms with E-state index in [2.05, 4.69) is 0 Å². The van der Waals surface area contributed by atoms with Crippen LogP contribution >= 0.6 is 0 Å². The minimum atomic E-state index is -4.73. The van der Waals surface area contributed by atoms with E-state index in [1.165, 1.54) is 0 Å². The van der Waals surface area contributed by atoms with Gasteiger partial charge in [0, 0.05) is 19.0 Å². The van der Waals surface area contributed by atoms with Gasteiger partial charge >= 0.3 is 18.2 Å². The number of carbonyl (C=O) groups excluding carboxylic acids is 2. The number of benzene rings is 2. The Morgan fingerprint density at radius 1 is 1.09 bits per heavy atom. The van der Waals surface area contributed by atoms with Crippen LogP contribution in [-0.4, -0.2) is 59.9 Å². The third kappa shape index (κ3) is 4.82. The van der Waals surface area contributed by atoms with E-state index in [0.717, 1.165) is 27.2 Å². The zero-order valence-corrected chi connectivity index (χ0v) is 19.0. The predicted octanol–water partition coefficient (Wildman–Crippen LogP) is 4.17. The summed E-state index contributed by atoms with van der Waals surface area (Å²) in [5.74, 6) is -2.39. The van der Waals surface area contributed by atoms with Crippen LogP contribution in [0.3, 0.4) is 0 Å². The van der Waals surface area contributed by atoms with E-state index in [9.17, 15) is 32.7 Å². The van der Waals surface area contributed by atoms with Crippen LogP contribution in [0.2, 0.25) is 0 Å². The van der Waals surface area contributed by atoms with E-state index in [0.29, 0.717) is 0 Å². The fourth-order valence-corrected chi connectivity index (χ4v) is 4.78. The van der Waals surface area contributed by atoms with Crippen LogP contribution in [0.4, 0.5) is 18.0 Å². The first-order chi connectivity index (χ1) is 16.5. The Hall–Kier alpha value is -3.56. The molecule has 2 aromatic rings. The summed E-state index contributed by atoms with van der Waals surface area (Å²) >= 11 is 0. The molecule has 0 saturated carbocycles. The lowest BCUT2D eigenvalue weighted by molar-refractivity contribution is -0.172. The molecular weight excluding hydrogens is 465 g/mol. The molecule has 1 fully saturated rings. The third-order valence-electron chi connectivity index (χ3n) is 6.80. The van der Waals surface area contributed by atoms with Crippen molar-refractivity contribution in [3.8, 4) is 11.1 Å². The molecule has 2 aliphatic rings. The molecule has 10 heteroatoms. The summed E-state index contributed by atoms with van der Waals surface area (Å²) in [4.78, 5) is 37.7. The van der Waals surface area contributed by atoms with Crippen molar-refractivity contribution in [1.82, 2.24) is 10.2 Å². The maximum atomic E-state index is 13.2. The summed E-state index contributed by atoms with van der Waals surface area (Å²) in [5, 5.41) is 11.4. The Bertz CT molecular complexity index is 1100. The van der Waals surface area contributed by atoms with Crippen LogP contribution in [0.15, 0.2) is 48.5 Å². The number of alkyl halides is 3. The maximum absolute atomic E-state index is 13.2. The van der Waals surface area contributed by atoms with Gasteiger partial charge in [0.05, 0.1) is 6.42 Å². The monoisotopic (exact) mass is 490 g/mol. The Kier molecular flexibility index (Phi) is 6.48. The molecule has 1 aliphatic heterocycles. The molecule has 4 rings (SSSR count). The molecule has 2 amide bonds. The van der Waals surface area contributed by atoms with Gasteiger partial charge < -0.3 is 20.1 Å². The maximum Gasteiger partial charge on any atom is 0.407 e. The molecule has 7 nitrogen and oxygen atoms in total. The number of rotatable bonds is 7. The second-order valence-corrected chi connectivity index (χ2v) is 8.98. The van der Waals surface area contributed by atoms with Gasteiger partial charge in [0.15, 0.2) is 0 Å². The van der Waals surface area contributed by atoms with Gasteiger partial charge in [-0.1, -0.05) is 55.5 Å². The molecule has 1 aliphatic carbocycles. The zero-order chi connectivity index (χ0) is 25.4. The lowest BCUT2D eigenvalue weighted by atomic mass is 9.77. The van der Waals surface area contributed by atoms with Crippen molar-refractivity contribution >= 4 is 18.0 Å². The van der Waals surface area contributed by atoms with Crippen LogP contribution in [0.5, 0.6) is 0 Å². The Balaban J connectivity index is 1.43. The number of alkyl carbamates (subject to hydrolysis) is 1. The van der Waals surface area contributed by atoms with Crippen LogP contribution in [0, 0.1) is 5.41 Å². The second-order valence-electron chi connectivity index (χ2n) is 8.98. The molecule has 0 aromatic heterocycles. The lowest BCUT2D eigenvalue weighted by Gasteiger charge is -2.47. The fourth-order valence-electron chi connectivity index (χ4n) is 4.78. The number of hydrogen-bond acceptors (Lipinski definition) is 4. The van der Waals surface area contributed by atoms with E-state index in [1.807, 2.05) is 53.8 Å². The van der Waals surface area contributed by atoms with E-state index in [-0.39, 0.29) is 32.0 Å². The number of halogens is 3. The summed E-state index contributed by atoms with van der Waals surface area (Å²) in [6, 6.07) is 13.3. The molecule has 0 bridgehead atoms. The molecule has 2 N–H and O–H groups in total. The van der Waals surface area contributed by atoms with Crippen molar-refractivity contribution < 1.29 is 37.4 Å². The predicted molar refractivity (Wildman–Crippen MR) is 120 cm³/mol. The Morgan fingerprint density at radius 2 is 1.63 bits per heavy atom. The minimum Gasteiger partial charge on any atom is -0.481 e. The normalized spacial score (nSPS) is 17.1. The molecule has 1 atom stereocenters. The topological polar surface area (TPSA) is 95.9 Å². The van der Waals surface area contributed by atoms with E-state index in [1.54, 1.807) is 6.92 Å². The molecule has 0 radical (unpaired) electrons. The van der Waals surface area contributed by atoms with Crippen molar-refractivity contribution in [2.24, 2.45) is 5.41 Å². The number of hydrogen-bond donors (Lipinski definition) is 2. The minimum absolute atomic E-state index is 0.117. The number of carboxylic acid groups (broad SMARTS) is 1. The van der Waals surface area contributed by atoms with Crippen molar-refractivity contribution in [3.05, 3.63) is 59.7 Å². The highest BCUT2D eigenvalue weighted by Gasteiger charge is 2.52. The quantitative estimate of drug-likeness (QED) is 0.608. The molecule has 1 heterocycles. The number of carbonyl (C=O) groups is 3.